The van der Waals surface area contributed by atoms with Crippen molar-refractivity contribution in [2.24, 2.45) is 0 Å². The van der Waals surface area contributed by atoms with Crippen LogP contribution >= 0.6 is 0 Å². The number of rotatable bonds is 3. The number of hydrogen-bond acceptors (Lipinski definition) is 4. The Kier molecular flexibility index (Phi) is 7.92. The van der Waals surface area contributed by atoms with Crippen molar-refractivity contribution >= 4 is 0 Å². The first-order valence-corrected chi connectivity index (χ1v) is 7.74. The maximum atomic E-state index is 9.82. The van der Waals surface area contributed by atoms with Crippen LogP contribution in [0.25, 0.3) is 5.69 Å². The minimum atomic E-state index is 0.0766. The molecule has 0 bridgehead atoms. The van der Waals surface area contributed by atoms with Gasteiger partial charge in [-0.3, -0.25) is 0 Å². The lowest BCUT2D eigenvalue weighted by molar-refractivity contribution is 0.411. The van der Waals surface area contributed by atoms with E-state index in [1.165, 1.54) is 6.33 Å². The van der Waals surface area contributed by atoms with Crippen molar-refractivity contribution in [3.05, 3.63) is 61.2 Å². The fraction of sp³-hybridized carbons (Fsp3) is 0.222. The number of phenols is 1. The maximum Gasteiger partial charge on any atom is 0.171 e. The molecular formula is C18H23N3O2. The van der Waals surface area contributed by atoms with E-state index >= 15 is 0 Å². The molecule has 5 heteroatoms. The van der Waals surface area contributed by atoms with Gasteiger partial charge in [0, 0.05) is 6.07 Å². The summed E-state index contributed by atoms with van der Waals surface area (Å²) in [5.41, 5.74) is 0.765. The predicted octanol–water partition coefficient (Wildman–Crippen LogP) is 4.82. The van der Waals surface area contributed by atoms with E-state index in [-0.39, 0.29) is 5.75 Å². The van der Waals surface area contributed by atoms with Gasteiger partial charge in [0.2, 0.25) is 0 Å². The van der Waals surface area contributed by atoms with E-state index in [1.807, 2.05) is 58.0 Å². The number of nitrogens with zero attached hydrogens (tertiary/aromatic N) is 3. The number of ether oxygens (including phenoxy) is 1. The van der Waals surface area contributed by atoms with Gasteiger partial charge in [0.15, 0.2) is 11.5 Å². The van der Waals surface area contributed by atoms with Crippen molar-refractivity contribution in [1.82, 2.24) is 14.8 Å². The average molecular weight is 313 g/mol. The lowest BCUT2D eigenvalue weighted by atomic mass is 10.2. The Morgan fingerprint density at radius 2 is 1.65 bits per heavy atom. The SMILES string of the molecule is CC.CC.Oc1ccc(-n2cncn2)cc1Oc1ccccc1. The predicted molar refractivity (Wildman–Crippen MR) is 92.2 cm³/mol. The second-order valence-electron chi connectivity index (χ2n) is 3.91. The molecule has 0 radical (unpaired) electrons. The fourth-order valence-electron chi connectivity index (χ4n) is 1.68. The van der Waals surface area contributed by atoms with E-state index in [2.05, 4.69) is 10.1 Å². The summed E-state index contributed by atoms with van der Waals surface area (Å²) in [6, 6.07) is 14.3. The number of aromatic hydroxyl groups is 1. The van der Waals surface area contributed by atoms with Crippen molar-refractivity contribution in [1.29, 1.82) is 0 Å². The monoisotopic (exact) mass is 313 g/mol. The molecule has 0 saturated heterocycles. The summed E-state index contributed by atoms with van der Waals surface area (Å²) < 4.78 is 7.23. The first kappa shape index (κ1) is 18.2. The third-order valence-electron chi connectivity index (χ3n) is 2.60. The molecule has 1 aromatic heterocycles. The lowest BCUT2D eigenvalue weighted by Gasteiger charge is -2.09. The third-order valence-corrected chi connectivity index (χ3v) is 2.60. The maximum absolute atomic E-state index is 9.82. The number of hydrogen-bond donors (Lipinski definition) is 1. The zero-order valence-electron chi connectivity index (χ0n) is 14.0. The molecule has 3 rings (SSSR count). The molecule has 122 valence electrons. The van der Waals surface area contributed by atoms with Crippen LogP contribution in [0.15, 0.2) is 61.2 Å². The van der Waals surface area contributed by atoms with Crippen LogP contribution in [0.2, 0.25) is 0 Å². The van der Waals surface area contributed by atoms with Gasteiger partial charge in [0.1, 0.15) is 18.4 Å². The van der Waals surface area contributed by atoms with Crippen LogP contribution < -0.4 is 4.74 Å². The molecule has 0 amide bonds. The third kappa shape index (κ3) is 5.14. The zero-order chi connectivity index (χ0) is 17.1. The van der Waals surface area contributed by atoms with Gasteiger partial charge in [-0.2, -0.15) is 5.10 Å². The molecule has 0 spiro atoms. The molecule has 0 atom stereocenters. The number of phenolic OH excluding ortho intramolecular Hbond substituents is 1. The minimum Gasteiger partial charge on any atom is -0.504 e. The number of benzene rings is 2. The minimum absolute atomic E-state index is 0.0766. The highest BCUT2D eigenvalue weighted by Crippen LogP contribution is 2.32. The summed E-state index contributed by atoms with van der Waals surface area (Å²) in [5, 5.41) is 13.9. The van der Waals surface area contributed by atoms with Crippen LogP contribution in [-0.4, -0.2) is 19.9 Å². The quantitative estimate of drug-likeness (QED) is 0.753. The van der Waals surface area contributed by atoms with E-state index in [0.29, 0.717) is 11.5 Å². The Morgan fingerprint density at radius 1 is 0.957 bits per heavy atom. The molecule has 3 aromatic rings. The van der Waals surface area contributed by atoms with Crippen molar-refractivity contribution in [3.63, 3.8) is 0 Å². The van der Waals surface area contributed by atoms with Gasteiger partial charge in [-0.05, 0) is 24.3 Å². The normalized spacial score (nSPS) is 9.04. The lowest BCUT2D eigenvalue weighted by Crippen LogP contribution is -1.95. The molecule has 5 nitrogen and oxygen atoms in total. The molecule has 1 N–H and O–H groups in total. The Bertz CT molecular complexity index is 668. The van der Waals surface area contributed by atoms with Crippen LogP contribution in [0.1, 0.15) is 27.7 Å². The summed E-state index contributed by atoms with van der Waals surface area (Å²) in [7, 11) is 0. The zero-order valence-corrected chi connectivity index (χ0v) is 14.0. The molecule has 0 aliphatic heterocycles. The highest BCUT2D eigenvalue weighted by molar-refractivity contribution is 5.49. The molecule has 0 fully saturated rings. The van der Waals surface area contributed by atoms with Gasteiger partial charge in [0.05, 0.1) is 5.69 Å². The van der Waals surface area contributed by atoms with Crippen molar-refractivity contribution < 1.29 is 9.84 Å². The Morgan fingerprint density at radius 3 is 2.26 bits per heavy atom. The van der Waals surface area contributed by atoms with Crippen molar-refractivity contribution in [3.8, 4) is 22.9 Å². The van der Waals surface area contributed by atoms with Crippen LogP contribution in [0.5, 0.6) is 17.2 Å². The summed E-state index contributed by atoms with van der Waals surface area (Å²) in [6.07, 6.45) is 3.03. The van der Waals surface area contributed by atoms with Gasteiger partial charge in [-0.25, -0.2) is 9.67 Å². The van der Waals surface area contributed by atoms with Gasteiger partial charge in [-0.15, -0.1) is 0 Å². The second-order valence-corrected chi connectivity index (χ2v) is 3.91. The standard InChI is InChI=1S/C14H11N3O2.2C2H6/c18-13-7-6-11(17-10-15-9-16-17)8-14(13)19-12-4-2-1-3-5-12;2*1-2/h1-10,18H;2*1-2H3. The molecule has 23 heavy (non-hydrogen) atoms. The Hall–Kier alpha value is -2.82. The second kappa shape index (κ2) is 10.00. The largest absolute Gasteiger partial charge is 0.504 e. The molecule has 2 aromatic carbocycles. The summed E-state index contributed by atoms with van der Waals surface area (Å²) in [5.74, 6) is 1.11. The molecular weight excluding hydrogens is 290 g/mol. The molecule has 0 aliphatic carbocycles. The van der Waals surface area contributed by atoms with E-state index < -0.39 is 0 Å². The smallest absolute Gasteiger partial charge is 0.171 e. The Balaban J connectivity index is 0.000000615. The van der Waals surface area contributed by atoms with E-state index in [1.54, 1.807) is 29.2 Å². The average Bonchev–Trinajstić information content (AvgIpc) is 3.16. The summed E-state index contributed by atoms with van der Waals surface area (Å²) in [6.45, 7) is 8.00. The first-order chi connectivity index (χ1) is 11.3. The van der Waals surface area contributed by atoms with Gasteiger partial charge < -0.3 is 9.84 Å². The van der Waals surface area contributed by atoms with Gasteiger partial charge >= 0.3 is 0 Å². The first-order valence-electron chi connectivity index (χ1n) is 7.74. The van der Waals surface area contributed by atoms with Gasteiger partial charge in [-0.1, -0.05) is 45.9 Å². The molecule has 1 heterocycles. The highest BCUT2D eigenvalue weighted by atomic mass is 16.5. The summed E-state index contributed by atoms with van der Waals surface area (Å²) in [4.78, 5) is 3.88. The van der Waals surface area contributed by atoms with Crippen LogP contribution in [0.4, 0.5) is 0 Å². The number of para-hydroxylation sites is 1. The van der Waals surface area contributed by atoms with Gasteiger partial charge in [0.25, 0.3) is 0 Å². The number of aromatic nitrogens is 3. The molecule has 0 aliphatic rings. The van der Waals surface area contributed by atoms with Crippen LogP contribution in [0.3, 0.4) is 0 Å². The van der Waals surface area contributed by atoms with Crippen LogP contribution in [0, 0.1) is 0 Å². The topological polar surface area (TPSA) is 60.2 Å². The Labute approximate surface area is 137 Å². The van der Waals surface area contributed by atoms with E-state index in [9.17, 15) is 5.11 Å². The molecule has 0 unspecified atom stereocenters. The van der Waals surface area contributed by atoms with E-state index in [0.717, 1.165) is 5.69 Å². The van der Waals surface area contributed by atoms with E-state index in [4.69, 9.17) is 4.74 Å². The molecule has 0 saturated carbocycles. The summed E-state index contributed by atoms with van der Waals surface area (Å²) >= 11 is 0. The fourth-order valence-corrected chi connectivity index (χ4v) is 1.68. The highest BCUT2D eigenvalue weighted by Gasteiger charge is 2.07. The van der Waals surface area contributed by atoms with Crippen molar-refractivity contribution in [2.75, 3.05) is 0 Å². The van der Waals surface area contributed by atoms with Crippen LogP contribution in [-0.2, 0) is 0 Å². The van der Waals surface area contributed by atoms with Crippen molar-refractivity contribution in [2.45, 2.75) is 27.7 Å².